The largest absolute Gasteiger partial charge is 0.390 e. The maximum absolute atomic E-state index is 10.1. The summed E-state index contributed by atoms with van der Waals surface area (Å²) in [6.07, 6.45) is 2.33. The Kier molecular flexibility index (Phi) is 7.15. The van der Waals surface area contributed by atoms with Crippen molar-refractivity contribution < 1.29 is 5.11 Å². The van der Waals surface area contributed by atoms with Gasteiger partial charge in [0.25, 0.3) is 0 Å². The van der Waals surface area contributed by atoms with E-state index in [1.807, 2.05) is 0 Å². The number of nitrogens with one attached hydrogen (secondary N) is 1. The van der Waals surface area contributed by atoms with E-state index in [9.17, 15) is 5.11 Å². The lowest BCUT2D eigenvalue weighted by atomic mass is 10.0. The highest BCUT2D eigenvalue weighted by molar-refractivity contribution is 4.77. The van der Waals surface area contributed by atoms with Crippen molar-refractivity contribution in [3.05, 3.63) is 0 Å². The molecule has 1 aliphatic heterocycles. The highest BCUT2D eigenvalue weighted by atomic mass is 16.3. The van der Waals surface area contributed by atoms with Crippen LogP contribution < -0.4 is 5.32 Å². The van der Waals surface area contributed by atoms with Crippen LogP contribution in [0.15, 0.2) is 0 Å². The Bertz CT molecular complexity index is 215. The Hall–Kier alpha value is -0.160. The second-order valence-electron chi connectivity index (χ2n) is 6.18. The molecular weight excluding hydrogens is 226 g/mol. The highest BCUT2D eigenvalue weighted by Crippen LogP contribution is 2.08. The molecular formula is C14H31N3O. The maximum atomic E-state index is 10.1. The summed E-state index contributed by atoms with van der Waals surface area (Å²) in [7, 11) is 4.19. The second kappa shape index (κ2) is 8.10. The van der Waals surface area contributed by atoms with Crippen LogP contribution in [0.5, 0.6) is 0 Å². The third kappa shape index (κ3) is 6.14. The summed E-state index contributed by atoms with van der Waals surface area (Å²) in [5, 5.41) is 13.6. The van der Waals surface area contributed by atoms with Gasteiger partial charge in [-0.05, 0) is 45.9 Å². The molecule has 0 radical (unpaired) electrons. The maximum Gasteiger partial charge on any atom is 0.0791 e. The van der Waals surface area contributed by atoms with E-state index in [0.29, 0.717) is 18.5 Å². The molecule has 0 amide bonds. The van der Waals surface area contributed by atoms with Crippen LogP contribution in [-0.4, -0.2) is 73.9 Å². The molecule has 1 rings (SSSR count). The molecule has 0 aliphatic carbocycles. The lowest BCUT2D eigenvalue weighted by Crippen LogP contribution is -2.46. The van der Waals surface area contributed by atoms with Crippen molar-refractivity contribution in [1.82, 2.24) is 15.1 Å². The number of aliphatic hydroxyl groups is 1. The zero-order chi connectivity index (χ0) is 13.5. The molecule has 18 heavy (non-hydrogen) atoms. The number of hydrogen-bond acceptors (Lipinski definition) is 4. The van der Waals surface area contributed by atoms with Crippen molar-refractivity contribution in [3.8, 4) is 0 Å². The minimum atomic E-state index is -0.244. The van der Waals surface area contributed by atoms with Crippen LogP contribution in [-0.2, 0) is 0 Å². The number of aliphatic hydroxyl groups excluding tert-OH is 1. The standard InChI is InChI=1S/C14H31N3O/c1-12(2)14(11-16(3)4)15-9-13(18)10-17-7-5-6-8-17/h12-15,18H,5-11H2,1-4H3. The fourth-order valence-electron chi connectivity index (χ4n) is 2.52. The molecule has 0 saturated carbocycles. The summed E-state index contributed by atoms with van der Waals surface area (Å²) in [6.45, 7) is 9.31. The predicted molar refractivity (Wildman–Crippen MR) is 76.9 cm³/mol. The molecule has 1 heterocycles. The Balaban J connectivity index is 2.23. The number of likely N-dealkylation sites (tertiary alicyclic amines) is 1. The normalized spacial score (nSPS) is 20.8. The third-order valence-corrected chi connectivity index (χ3v) is 3.65. The molecule has 1 saturated heterocycles. The van der Waals surface area contributed by atoms with Crippen molar-refractivity contribution in [1.29, 1.82) is 0 Å². The van der Waals surface area contributed by atoms with Gasteiger partial charge in [-0.1, -0.05) is 13.8 Å². The number of hydrogen-bond donors (Lipinski definition) is 2. The van der Waals surface area contributed by atoms with Gasteiger partial charge in [0.15, 0.2) is 0 Å². The van der Waals surface area contributed by atoms with Crippen molar-refractivity contribution in [3.63, 3.8) is 0 Å². The van der Waals surface area contributed by atoms with Gasteiger partial charge in [-0.25, -0.2) is 0 Å². The van der Waals surface area contributed by atoms with Crippen molar-refractivity contribution >= 4 is 0 Å². The van der Waals surface area contributed by atoms with Crippen LogP contribution in [0, 0.1) is 5.92 Å². The van der Waals surface area contributed by atoms with E-state index in [-0.39, 0.29) is 6.10 Å². The minimum Gasteiger partial charge on any atom is -0.390 e. The monoisotopic (exact) mass is 257 g/mol. The molecule has 1 aliphatic rings. The van der Waals surface area contributed by atoms with Gasteiger partial charge in [0.1, 0.15) is 0 Å². The van der Waals surface area contributed by atoms with Gasteiger partial charge in [0.2, 0.25) is 0 Å². The van der Waals surface area contributed by atoms with E-state index in [1.165, 1.54) is 12.8 Å². The average Bonchev–Trinajstić information content (AvgIpc) is 2.76. The molecule has 0 bridgehead atoms. The third-order valence-electron chi connectivity index (χ3n) is 3.65. The summed E-state index contributed by atoms with van der Waals surface area (Å²) in [5.41, 5.74) is 0. The Morgan fingerprint density at radius 2 is 1.83 bits per heavy atom. The molecule has 0 aromatic heterocycles. The summed E-state index contributed by atoms with van der Waals surface area (Å²) < 4.78 is 0. The van der Waals surface area contributed by atoms with Gasteiger partial charge in [-0.2, -0.15) is 0 Å². The van der Waals surface area contributed by atoms with Crippen LogP contribution in [0.2, 0.25) is 0 Å². The fourth-order valence-corrected chi connectivity index (χ4v) is 2.52. The van der Waals surface area contributed by atoms with Gasteiger partial charge in [0, 0.05) is 25.7 Å². The minimum absolute atomic E-state index is 0.244. The SMILES string of the molecule is CC(C)C(CN(C)C)NCC(O)CN1CCCC1. The molecule has 0 aromatic rings. The first-order valence-corrected chi connectivity index (χ1v) is 7.27. The lowest BCUT2D eigenvalue weighted by Gasteiger charge is -2.28. The predicted octanol–water partition coefficient (Wildman–Crippen LogP) is 0.619. The molecule has 2 unspecified atom stereocenters. The van der Waals surface area contributed by atoms with E-state index in [2.05, 4.69) is 43.1 Å². The Labute approximate surface area is 112 Å². The first-order chi connectivity index (χ1) is 8.49. The molecule has 1 fully saturated rings. The van der Waals surface area contributed by atoms with Crippen LogP contribution in [0.4, 0.5) is 0 Å². The summed E-state index contributed by atoms with van der Waals surface area (Å²) in [6, 6.07) is 0.452. The van der Waals surface area contributed by atoms with Gasteiger partial charge >= 0.3 is 0 Å². The quantitative estimate of drug-likeness (QED) is 0.669. The molecule has 108 valence electrons. The molecule has 2 atom stereocenters. The second-order valence-corrected chi connectivity index (χ2v) is 6.18. The fraction of sp³-hybridized carbons (Fsp3) is 1.00. The molecule has 0 spiro atoms. The van der Waals surface area contributed by atoms with Gasteiger partial charge in [-0.15, -0.1) is 0 Å². The lowest BCUT2D eigenvalue weighted by molar-refractivity contribution is 0.116. The van der Waals surface area contributed by atoms with E-state index in [1.54, 1.807) is 0 Å². The zero-order valence-electron chi connectivity index (χ0n) is 12.5. The Morgan fingerprint density at radius 1 is 1.22 bits per heavy atom. The average molecular weight is 257 g/mol. The number of likely N-dealkylation sites (N-methyl/N-ethyl adjacent to an activating group) is 1. The summed E-state index contributed by atoms with van der Waals surface area (Å²) in [4.78, 5) is 4.56. The summed E-state index contributed by atoms with van der Waals surface area (Å²) >= 11 is 0. The Morgan fingerprint density at radius 3 is 2.33 bits per heavy atom. The number of nitrogens with zero attached hydrogens (tertiary/aromatic N) is 2. The topological polar surface area (TPSA) is 38.7 Å². The van der Waals surface area contributed by atoms with Gasteiger partial charge < -0.3 is 20.2 Å². The molecule has 4 heteroatoms. The van der Waals surface area contributed by atoms with Crippen LogP contribution in [0.3, 0.4) is 0 Å². The van der Waals surface area contributed by atoms with Crippen molar-refractivity contribution in [2.75, 3.05) is 46.8 Å². The van der Waals surface area contributed by atoms with E-state index in [0.717, 1.165) is 26.2 Å². The molecule has 0 aromatic carbocycles. The van der Waals surface area contributed by atoms with Crippen molar-refractivity contribution in [2.45, 2.75) is 38.8 Å². The molecule has 2 N–H and O–H groups in total. The molecule has 4 nitrogen and oxygen atoms in total. The van der Waals surface area contributed by atoms with E-state index >= 15 is 0 Å². The summed E-state index contributed by atoms with van der Waals surface area (Å²) in [5.74, 6) is 0.589. The number of β-amino-alcohol motifs (C(OH)–C–C–N with tert-alkyl or cyclic N) is 1. The van der Waals surface area contributed by atoms with Gasteiger partial charge in [0.05, 0.1) is 6.10 Å². The van der Waals surface area contributed by atoms with E-state index in [4.69, 9.17) is 0 Å². The first kappa shape index (κ1) is 15.9. The first-order valence-electron chi connectivity index (χ1n) is 7.27. The van der Waals surface area contributed by atoms with Gasteiger partial charge in [-0.3, -0.25) is 0 Å². The van der Waals surface area contributed by atoms with Crippen molar-refractivity contribution in [2.24, 2.45) is 5.92 Å². The smallest absolute Gasteiger partial charge is 0.0791 e. The highest BCUT2D eigenvalue weighted by Gasteiger charge is 2.18. The van der Waals surface area contributed by atoms with Crippen LogP contribution >= 0.6 is 0 Å². The van der Waals surface area contributed by atoms with E-state index < -0.39 is 0 Å². The zero-order valence-corrected chi connectivity index (χ0v) is 12.5. The van der Waals surface area contributed by atoms with Crippen LogP contribution in [0.1, 0.15) is 26.7 Å². The van der Waals surface area contributed by atoms with Crippen LogP contribution in [0.25, 0.3) is 0 Å². The number of rotatable bonds is 8.